The molecule has 0 fully saturated rings. The highest BCUT2D eigenvalue weighted by atomic mass is 19.1. The number of anilines is 1. The molecule has 24 heavy (non-hydrogen) atoms. The molecule has 0 aliphatic rings. The van der Waals surface area contributed by atoms with E-state index >= 15 is 0 Å². The number of hydrogen-bond donors (Lipinski definition) is 1. The summed E-state index contributed by atoms with van der Waals surface area (Å²) in [6, 6.07) is 5.26. The van der Waals surface area contributed by atoms with Gasteiger partial charge in [-0.1, -0.05) is 0 Å². The molecule has 0 unspecified atom stereocenters. The van der Waals surface area contributed by atoms with Crippen LogP contribution in [0.15, 0.2) is 48.9 Å². The molecular weight excluding hydrogens is 319 g/mol. The Morgan fingerprint density at radius 3 is 2.46 bits per heavy atom. The van der Waals surface area contributed by atoms with Crippen LogP contribution >= 0.6 is 0 Å². The summed E-state index contributed by atoms with van der Waals surface area (Å²) >= 11 is 0. The number of nitrogens with two attached hydrogens (primary N) is 1. The number of carbonyl (C=O) groups is 1. The molecule has 0 atom stereocenters. The zero-order valence-electron chi connectivity index (χ0n) is 12.1. The number of benzene rings is 1. The van der Waals surface area contributed by atoms with Crippen molar-refractivity contribution in [3.05, 3.63) is 77.5 Å². The van der Waals surface area contributed by atoms with Gasteiger partial charge in [-0.2, -0.15) is 0 Å². The standard InChI is InChI=1S/C17H10F3N3O/c18-9-1-2-11(13(19)7-9)17(24)12-4-6-23-16(15(12)21)10-3-5-22-8-14(10)20/h1-8H,21H2. The average molecular weight is 329 g/mol. The fourth-order valence-corrected chi connectivity index (χ4v) is 2.27. The first-order chi connectivity index (χ1) is 11.5. The number of rotatable bonds is 3. The summed E-state index contributed by atoms with van der Waals surface area (Å²) in [4.78, 5) is 20.1. The molecule has 0 saturated carbocycles. The Morgan fingerprint density at radius 2 is 1.75 bits per heavy atom. The van der Waals surface area contributed by atoms with Crippen molar-refractivity contribution in [1.82, 2.24) is 9.97 Å². The summed E-state index contributed by atoms with van der Waals surface area (Å²) in [5.41, 5.74) is 5.55. The molecule has 3 rings (SSSR count). The zero-order valence-corrected chi connectivity index (χ0v) is 12.1. The largest absolute Gasteiger partial charge is 0.396 e. The third-order valence-electron chi connectivity index (χ3n) is 3.44. The van der Waals surface area contributed by atoms with Crippen LogP contribution < -0.4 is 5.73 Å². The smallest absolute Gasteiger partial charge is 0.198 e. The molecule has 3 aromatic rings. The lowest BCUT2D eigenvalue weighted by molar-refractivity contribution is 0.103. The van der Waals surface area contributed by atoms with E-state index in [0.29, 0.717) is 6.07 Å². The van der Waals surface area contributed by atoms with E-state index in [1.165, 1.54) is 24.5 Å². The number of nitrogens with zero attached hydrogens (tertiary/aromatic N) is 2. The van der Waals surface area contributed by atoms with Crippen LogP contribution in [0.3, 0.4) is 0 Å². The Kier molecular flexibility index (Phi) is 3.99. The van der Waals surface area contributed by atoms with Crippen LogP contribution in [0, 0.1) is 17.5 Å². The van der Waals surface area contributed by atoms with E-state index in [4.69, 9.17) is 5.73 Å². The second-order valence-electron chi connectivity index (χ2n) is 4.93. The second-order valence-corrected chi connectivity index (χ2v) is 4.93. The van der Waals surface area contributed by atoms with Gasteiger partial charge in [0.05, 0.1) is 23.1 Å². The van der Waals surface area contributed by atoms with Gasteiger partial charge in [0, 0.05) is 29.6 Å². The maximum absolute atomic E-state index is 13.9. The van der Waals surface area contributed by atoms with Gasteiger partial charge in [0.15, 0.2) is 11.6 Å². The lowest BCUT2D eigenvalue weighted by atomic mass is 9.99. The van der Waals surface area contributed by atoms with Crippen molar-refractivity contribution in [2.24, 2.45) is 0 Å². The maximum Gasteiger partial charge on any atom is 0.198 e. The molecule has 7 heteroatoms. The van der Waals surface area contributed by atoms with Gasteiger partial charge in [0.25, 0.3) is 0 Å². The highest BCUT2D eigenvalue weighted by Gasteiger charge is 2.20. The van der Waals surface area contributed by atoms with Crippen molar-refractivity contribution in [2.75, 3.05) is 5.73 Å². The highest BCUT2D eigenvalue weighted by Crippen LogP contribution is 2.29. The Bertz CT molecular complexity index is 944. The molecule has 1 aromatic carbocycles. The van der Waals surface area contributed by atoms with Crippen LogP contribution in [0.25, 0.3) is 11.3 Å². The second kappa shape index (κ2) is 6.11. The van der Waals surface area contributed by atoms with Crippen molar-refractivity contribution >= 4 is 11.5 Å². The Morgan fingerprint density at radius 1 is 0.958 bits per heavy atom. The molecular formula is C17H10F3N3O. The quantitative estimate of drug-likeness (QED) is 0.748. The van der Waals surface area contributed by atoms with E-state index < -0.39 is 23.2 Å². The molecule has 120 valence electrons. The van der Waals surface area contributed by atoms with E-state index in [-0.39, 0.29) is 28.1 Å². The molecule has 0 aliphatic carbocycles. The SMILES string of the molecule is Nc1c(C(=O)c2ccc(F)cc2F)ccnc1-c1ccncc1F. The van der Waals surface area contributed by atoms with E-state index in [1.54, 1.807) is 0 Å². The van der Waals surface area contributed by atoms with Crippen LogP contribution in [0.2, 0.25) is 0 Å². The van der Waals surface area contributed by atoms with E-state index in [9.17, 15) is 18.0 Å². The van der Waals surface area contributed by atoms with Gasteiger partial charge in [0.2, 0.25) is 0 Å². The van der Waals surface area contributed by atoms with E-state index in [0.717, 1.165) is 18.3 Å². The van der Waals surface area contributed by atoms with E-state index in [1.807, 2.05) is 0 Å². The van der Waals surface area contributed by atoms with Crippen molar-refractivity contribution < 1.29 is 18.0 Å². The first-order valence-electron chi connectivity index (χ1n) is 6.83. The van der Waals surface area contributed by atoms with Gasteiger partial charge in [-0.15, -0.1) is 0 Å². The lowest BCUT2D eigenvalue weighted by Gasteiger charge is -2.10. The molecule has 0 radical (unpaired) electrons. The van der Waals surface area contributed by atoms with E-state index in [2.05, 4.69) is 9.97 Å². The van der Waals surface area contributed by atoms with Crippen molar-refractivity contribution in [3.63, 3.8) is 0 Å². The van der Waals surface area contributed by atoms with Crippen molar-refractivity contribution in [2.45, 2.75) is 0 Å². The minimum absolute atomic E-state index is 0.0447. The molecule has 2 N–H and O–H groups in total. The summed E-state index contributed by atoms with van der Waals surface area (Å²) in [5, 5.41) is 0. The number of carbonyl (C=O) groups excluding carboxylic acids is 1. The minimum Gasteiger partial charge on any atom is -0.396 e. The topological polar surface area (TPSA) is 68.9 Å². The summed E-state index contributed by atoms with van der Waals surface area (Å²) in [6.07, 6.45) is 3.61. The summed E-state index contributed by atoms with van der Waals surface area (Å²) in [5.74, 6) is -3.21. The van der Waals surface area contributed by atoms with Gasteiger partial charge in [0.1, 0.15) is 11.6 Å². The van der Waals surface area contributed by atoms with Gasteiger partial charge in [-0.25, -0.2) is 13.2 Å². The van der Waals surface area contributed by atoms with Crippen LogP contribution in [-0.4, -0.2) is 15.8 Å². The summed E-state index contributed by atoms with van der Waals surface area (Å²) in [6.45, 7) is 0. The molecule has 2 aromatic heterocycles. The summed E-state index contributed by atoms with van der Waals surface area (Å²) < 4.78 is 40.7. The van der Waals surface area contributed by atoms with Gasteiger partial charge in [-0.05, 0) is 24.3 Å². The third-order valence-corrected chi connectivity index (χ3v) is 3.44. The first-order valence-corrected chi connectivity index (χ1v) is 6.83. The lowest BCUT2D eigenvalue weighted by Crippen LogP contribution is -2.10. The Balaban J connectivity index is 2.12. The zero-order chi connectivity index (χ0) is 17.3. The number of hydrogen-bond acceptors (Lipinski definition) is 4. The molecule has 0 bridgehead atoms. The first kappa shape index (κ1) is 15.7. The molecule has 0 saturated heterocycles. The fraction of sp³-hybridized carbons (Fsp3) is 0. The third kappa shape index (κ3) is 2.71. The molecule has 0 spiro atoms. The van der Waals surface area contributed by atoms with Crippen molar-refractivity contribution in [3.8, 4) is 11.3 Å². The van der Waals surface area contributed by atoms with Crippen LogP contribution in [0.1, 0.15) is 15.9 Å². The monoisotopic (exact) mass is 329 g/mol. The van der Waals surface area contributed by atoms with Crippen molar-refractivity contribution in [1.29, 1.82) is 0 Å². The van der Waals surface area contributed by atoms with Gasteiger partial charge >= 0.3 is 0 Å². The van der Waals surface area contributed by atoms with Crippen LogP contribution in [0.4, 0.5) is 18.9 Å². The normalized spacial score (nSPS) is 10.6. The number of ketones is 1. The predicted octanol–water partition coefficient (Wildman–Crippen LogP) is 3.37. The van der Waals surface area contributed by atoms with Gasteiger partial charge < -0.3 is 5.73 Å². The molecule has 2 heterocycles. The number of halogens is 3. The number of aromatic nitrogens is 2. The number of pyridine rings is 2. The minimum atomic E-state index is -1.01. The molecule has 4 nitrogen and oxygen atoms in total. The molecule has 0 amide bonds. The molecule has 0 aliphatic heterocycles. The predicted molar refractivity (Wildman–Crippen MR) is 81.6 cm³/mol. The average Bonchev–Trinajstić information content (AvgIpc) is 2.55. The van der Waals surface area contributed by atoms with Crippen LogP contribution in [-0.2, 0) is 0 Å². The Labute approximate surface area is 134 Å². The van der Waals surface area contributed by atoms with Gasteiger partial charge in [-0.3, -0.25) is 14.8 Å². The summed E-state index contributed by atoms with van der Waals surface area (Å²) in [7, 11) is 0. The highest BCUT2D eigenvalue weighted by molar-refractivity contribution is 6.13. The fourth-order valence-electron chi connectivity index (χ4n) is 2.27. The maximum atomic E-state index is 13.9. The number of nitrogen functional groups attached to an aromatic ring is 1. The Hall–Kier alpha value is -3.22. The van der Waals surface area contributed by atoms with Crippen LogP contribution in [0.5, 0.6) is 0 Å².